The van der Waals surface area contributed by atoms with Crippen LogP contribution >= 0.6 is 0 Å². The van der Waals surface area contributed by atoms with Crippen LogP contribution in [-0.4, -0.2) is 66.2 Å². The number of benzene rings is 1. The third-order valence-corrected chi connectivity index (χ3v) is 5.03. The van der Waals surface area contributed by atoms with Gasteiger partial charge in [-0.2, -0.15) is 0 Å². The van der Waals surface area contributed by atoms with E-state index in [1.807, 2.05) is 0 Å². The number of hydrogen-bond donors (Lipinski definition) is 1. The fourth-order valence-electron chi connectivity index (χ4n) is 3.49. The Morgan fingerprint density at radius 2 is 2.25 bits per heavy atom. The van der Waals surface area contributed by atoms with E-state index in [0.717, 1.165) is 19.7 Å². The van der Waals surface area contributed by atoms with Gasteiger partial charge in [-0.3, -0.25) is 9.88 Å². The highest BCUT2D eigenvalue weighted by atomic mass is 19.1. The van der Waals surface area contributed by atoms with Gasteiger partial charge in [0.15, 0.2) is 11.6 Å². The van der Waals surface area contributed by atoms with Crippen molar-refractivity contribution in [3.8, 4) is 11.5 Å². The predicted molar refractivity (Wildman–Crippen MR) is 101 cm³/mol. The van der Waals surface area contributed by atoms with Gasteiger partial charge in [0.1, 0.15) is 5.75 Å². The molecule has 2 amide bonds. The standard InChI is InChI=1S/C20H23FN4O3/c21-18-10-15(3-4-19(18)28-17-2-1-5-22-12-17)11-23-20(26)25-7-6-24-8-9-27-14-16(24)13-25/h1-5,10,12,16H,6-9,11,13-14H2,(H,23,26). The number of rotatable bonds is 4. The summed E-state index contributed by atoms with van der Waals surface area (Å²) in [5.41, 5.74) is 0.670. The zero-order chi connectivity index (χ0) is 19.3. The summed E-state index contributed by atoms with van der Waals surface area (Å²) in [4.78, 5) is 20.6. The minimum absolute atomic E-state index is 0.122. The quantitative estimate of drug-likeness (QED) is 0.873. The van der Waals surface area contributed by atoms with Crippen molar-refractivity contribution in [2.24, 2.45) is 0 Å². The first-order valence-electron chi connectivity index (χ1n) is 9.40. The molecule has 2 aromatic rings. The maximum absolute atomic E-state index is 14.3. The van der Waals surface area contributed by atoms with Crippen molar-refractivity contribution in [1.29, 1.82) is 0 Å². The molecule has 0 saturated carbocycles. The normalized spacial score (nSPS) is 19.8. The minimum atomic E-state index is -0.483. The number of nitrogens with one attached hydrogen (secondary N) is 1. The molecule has 2 aliphatic rings. The van der Waals surface area contributed by atoms with Gasteiger partial charge in [-0.15, -0.1) is 0 Å². The first kappa shape index (κ1) is 18.6. The third-order valence-electron chi connectivity index (χ3n) is 5.03. The number of amides is 2. The molecule has 7 nitrogen and oxygen atoms in total. The van der Waals surface area contributed by atoms with Crippen LogP contribution < -0.4 is 10.1 Å². The lowest BCUT2D eigenvalue weighted by atomic mass is 10.1. The second-order valence-corrected chi connectivity index (χ2v) is 6.92. The molecule has 1 atom stereocenters. The molecule has 148 valence electrons. The molecular weight excluding hydrogens is 363 g/mol. The summed E-state index contributed by atoms with van der Waals surface area (Å²) in [6.45, 7) is 4.79. The highest BCUT2D eigenvalue weighted by Gasteiger charge is 2.31. The van der Waals surface area contributed by atoms with Gasteiger partial charge in [-0.1, -0.05) is 6.07 Å². The topological polar surface area (TPSA) is 66.9 Å². The summed E-state index contributed by atoms with van der Waals surface area (Å²) < 4.78 is 25.3. The van der Waals surface area contributed by atoms with E-state index in [-0.39, 0.29) is 24.4 Å². The summed E-state index contributed by atoms with van der Waals surface area (Å²) in [7, 11) is 0. The van der Waals surface area contributed by atoms with Crippen molar-refractivity contribution in [2.45, 2.75) is 12.6 Å². The smallest absolute Gasteiger partial charge is 0.317 e. The van der Waals surface area contributed by atoms with Crippen LogP contribution in [0.15, 0.2) is 42.7 Å². The van der Waals surface area contributed by atoms with Crippen molar-refractivity contribution in [3.63, 3.8) is 0 Å². The number of carbonyl (C=O) groups excluding carboxylic acids is 1. The second-order valence-electron chi connectivity index (χ2n) is 6.92. The fraction of sp³-hybridized carbons (Fsp3) is 0.400. The number of hydrogen-bond acceptors (Lipinski definition) is 5. The Balaban J connectivity index is 1.31. The van der Waals surface area contributed by atoms with Crippen molar-refractivity contribution < 1.29 is 18.7 Å². The Morgan fingerprint density at radius 3 is 3.07 bits per heavy atom. The maximum atomic E-state index is 14.3. The number of aromatic nitrogens is 1. The van der Waals surface area contributed by atoms with Gasteiger partial charge >= 0.3 is 6.03 Å². The van der Waals surface area contributed by atoms with Crippen LogP contribution in [0.1, 0.15) is 5.56 Å². The molecule has 0 bridgehead atoms. The summed E-state index contributed by atoms with van der Waals surface area (Å²) >= 11 is 0. The van der Waals surface area contributed by atoms with E-state index in [1.165, 1.54) is 12.3 Å². The van der Waals surface area contributed by atoms with Crippen LogP contribution in [0.25, 0.3) is 0 Å². The van der Waals surface area contributed by atoms with Crippen LogP contribution in [0.2, 0.25) is 0 Å². The van der Waals surface area contributed by atoms with E-state index in [0.29, 0.717) is 31.0 Å². The largest absolute Gasteiger partial charge is 0.453 e. The molecule has 0 spiro atoms. The molecule has 1 N–H and O–H groups in total. The van der Waals surface area contributed by atoms with E-state index in [2.05, 4.69) is 15.2 Å². The van der Waals surface area contributed by atoms with E-state index in [1.54, 1.807) is 35.4 Å². The molecule has 2 aliphatic heterocycles. The first-order valence-corrected chi connectivity index (χ1v) is 9.40. The van der Waals surface area contributed by atoms with Crippen molar-refractivity contribution >= 4 is 6.03 Å². The molecule has 3 heterocycles. The molecular formula is C20H23FN4O3. The molecule has 0 aliphatic carbocycles. The third kappa shape index (κ3) is 4.40. The Bertz CT molecular complexity index is 820. The number of morpholine rings is 1. The van der Waals surface area contributed by atoms with Crippen molar-refractivity contribution in [2.75, 3.05) is 39.4 Å². The van der Waals surface area contributed by atoms with Crippen LogP contribution in [0, 0.1) is 5.82 Å². The summed E-state index contributed by atoms with van der Waals surface area (Å²) in [5.74, 6) is 0.105. The zero-order valence-corrected chi connectivity index (χ0v) is 15.5. The molecule has 28 heavy (non-hydrogen) atoms. The number of carbonyl (C=O) groups is 1. The van der Waals surface area contributed by atoms with Crippen LogP contribution in [0.4, 0.5) is 9.18 Å². The molecule has 8 heteroatoms. The number of ether oxygens (including phenoxy) is 2. The number of halogens is 1. The van der Waals surface area contributed by atoms with Gasteiger partial charge in [0.05, 0.1) is 25.5 Å². The molecule has 1 aromatic heterocycles. The maximum Gasteiger partial charge on any atom is 0.317 e. The van der Waals surface area contributed by atoms with E-state index in [9.17, 15) is 9.18 Å². The SMILES string of the molecule is O=C(NCc1ccc(Oc2cccnc2)c(F)c1)N1CCN2CCOCC2C1. The number of fused-ring (bicyclic) bond motifs is 1. The van der Waals surface area contributed by atoms with Gasteiger partial charge in [-0.05, 0) is 29.8 Å². The van der Waals surface area contributed by atoms with Crippen LogP contribution in [-0.2, 0) is 11.3 Å². The Kier molecular flexibility index (Phi) is 5.68. The number of piperazine rings is 1. The van der Waals surface area contributed by atoms with Gasteiger partial charge in [0.2, 0.25) is 0 Å². The van der Waals surface area contributed by atoms with Crippen LogP contribution in [0.3, 0.4) is 0 Å². The number of nitrogens with zero attached hydrogens (tertiary/aromatic N) is 3. The lowest BCUT2D eigenvalue weighted by Gasteiger charge is -2.43. The summed E-state index contributed by atoms with van der Waals surface area (Å²) in [5, 5.41) is 2.87. The van der Waals surface area contributed by atoms with Gasteiger partial charge in [0, 0.05) is 38.9 Å². The Hall–Kier alpha value is -2.71. The minimum Gasteiger partial charge on any atom is -0.453 e. The number of urea groups is 1. The lowest BCUT2D eigenvalue weighted by Crippen LogP contribution is -2.60. The second kappa shape index (κ2) is 8.53. The summed E-state index contributed by atoms with van der Waals surface area (Å²) in [6.07, 6.45) is 3.14. The van der Waals surface area contributed by atoms with Crippen molar-refractivity contribution in [1.82, 2.24) is 20.1 Å². The van der Waals surface area contributed by atoms with E-state index < -0.39 is 5.82 Å². The average molecular weight is 386 g/mol. The molecule has 2 saturated heterocycles. The Morgan fingerprint density at radius 1 is 1.32 bits per heavy atom. The lowest BCUT2D eigenvalue weighted by molar-refractivity contribution is -0.0365. The summed E-state index contributed by atoms with van der Waals surface area (Å²) in [6, 6.07) is 8.22. The highest BCUT2D eigenvalue weighted by Crippen LogP contribution is 2.24. The molecule has 1 unspecified atom stereocenters. The zero-order valence-electron chi connectivity index (χ0n) is 15.5. The Labute approximate surface area is 163 Å². The molecule has 2 fully saturated rings. The average Bonchev–Trinajstić information content (AvgIpc) is 2.74. The monoisotopic (exact) mass is 386 g/mol. The molecule has 0 radical (unpaired) electrons. The first-order chi connectivity index (χ1) is 13.7. The van der Waals surface area contributed by atoms with Gasteiger partial charge < -0.3 is 19.7 Å². The van der Waals surface area contributed by atoms with E-state index >= 15 is 0 Å². The molecule has 4 rings (SSSR count). The van der Waals surface area contributed by atoms with Gasteiger partial charge in [-0.25, -0.2) is 9.18 Å². The fourth-order valence-corrected chi connectivity index (χ4v) is 3.49. The predicted octanol–water partition coefficient (Wildman–Crippen LogP) is 2.24. The van der Waals surface area contributed by atoms with Gasteiger partial charge in [0.25, 0.3) is 0 Å². The van der Waals surface area contributed by atoms with Crippen LogP contribution in [0.5, 0.6) is 11.5 Å². The highest BCUT2D eigenvalue weighted by molar-refractivity contribution is 5.74. The molecule has 1 aromatic carbocycles. The van der Waals surface area contributed by atoms with E-state index in [4.69, 9.17) is 9.47 Å². The van der Waals surface area contributed by atoms with Crippen molar-refractivity contribution in [3.05, 3.63) is 54.1 Å². The number of pyridine rings is 1.